The largest absolute Gasteiger partial charge is 0.291 e. The minimum absolute atomic E-state index is 0.118. The molecule has 3 aromatic carbocycles. The number of hydrogen-bond acceptors (Lipinski definition) is 3. The fourth-order valence-corrected chi connectivity index (χ4v) is 3.35. The molecule has 0 radical (unpaired) electrons. The highest BCUT2D eigenvalue weighted by Crippen LogP contribution is 2.47. The second-order valence-corrected chi connectivity index (χ2v) is 5.60. The van der Waals surface area contributed by atoms with E-state index in [1.165, 1.54) is 0 Å². The fourth-order valence-electron chi connectivity index (χ4n) is 3.35. The molecule has 0 aliphatic carbocycles. The molecule has 0 unspecified atom stereocenters. The predicted octanol–water partition coefficient (Wildman–Crippen LogP) is 4.02. The number of anilines is 1. The molecule has 23 heavy (non-hydrogen) atoms. The van der Waals surface area contributed by atoms with Crippen molar-refractivity contribution in [3.05, 3.63) is 102 Å². The fraction of sp³-hybridized carbons (Fsp3) is 0.0500. The summed E-state index contributed by atoms with van der Waals surface area (Å²) in [5, 5.41) is 12.1. The van der Waals surface area contributed by atoms with Gasteiger partial charge in [-0.25, -0.2) is 5.06 Å². The van der Waals surface area contributed by atoms with Crippen LogP contribution < -0.4 is 5.06 Å². The summed E-state index contributed by atoms with van der Waals surface area (Å²) >= 11 is 0. The maximum absolute atomic E-state index is 13.3. The lowest BCUT2D eigenvalue weighted by molar-refractivity contribution is 0.0844. The van der Waals surface area contributed by atoms with Crippen LogP contribution in [-0.4, -0.2) is 11.0 Å². The third kappa shape index (κ3) is 1.77. The van der Waals surface area contributed by atoms with Crippen LogP contribution in [0.15, 0.2) is 84.9 Å². The molecule has 1 aliphatic heterocycles. The monoisotopic (exact) mass is 301 g/mol. The molecule has 3 heteroatoms. The first kappa shape index (κ1) is 13.7. The Morgan fingerprint density at radius 3 is 1.70 bits per heavy atom. The van der Waals surface area contributed by atoms with Crippen LogP contribution in [-0.2, 0) is 5.54 Å². The number of benzene rings is 3. The van der Waals surface area contributed by atoms with E-state index in [2.05, 4.69) is 0 Å². The number of Topliss-reactive ketones (excluding diaryl/α,β-unsaturated/α-hetero) is 1. The zero-order valence-corrected chi connectivity index (χ0v) is 12.4. The van der Waals surface area contributed by atoms with Crippen LogP contribution in [0, 0.1) is 0 Å². The summed E-state index contributed by atoms with van der Waals surface area (Å²) in [5.41, 5.74) is 1.31. The Hall–Kier alpha value is -2.91. The van der Waals surface area contributed by atoms with Gasteiger partial charge in [0.2, 0.25) is 5.78 Å². The minimum Gasteiger partial charge on any atom is -0.291 e. The Bertz CT molecular complexity index is 820. The van der Waals surface area contributed by atoms with Crippen molar-refractivity contribution < 1.29 is 10.0 Å². The molecule has 0 spiro atoms. The van der Waals surface area contributed by atoms with Gasteiger partial charge in [-0.15, -0.1) is 0 Å². The molecule has 0 bridgehead atoms. The first-order valence-corrected chi connectivity index (χ1v) is 7.50. The summed E-state index contributed by atoms with van der Waals surface area (Å²) < 4.78 is 0. The predicted molar refractivity (Wildman–Crippen MR) is 88.7 cm³/mol. The van der Waals surface area contributed by atoms with E-state index < -0.39 is 5.54 Å². The Morgan fingerprint density at radius 2 is 1.17 bits per heavy atom. The molecule has 1 heterocycles. The number of fused-ring (bicyclic) bond motifs is 1. The Morgan fingerprint density at radius 1 is 0.696 bits per heavy atom. The zero-order valence-electron chi connectivity index (χ0n) is 12.4. The number of rotatable bonds is 2. The summed E-state index contributed by atoms with van der Waals surface area (Å²) in [6.07, 6.45) is 0. The van der Waals surface area contributed by atoms with Gasteiger partial charge in [-0.1, -0.05) is 72.8 Å². The molecule has 0 fully saturated rings. The van der Waals surface area contributed by atoms with Gasteiger partial charge < -0.3 is 0 Å². The van der Waals surface area contributed by atoms with E-state index >= 15 is 0 Å². The van der Waals surface area contributed by atoms with Crippen LogP contribution in [0.2, 0.25) is 0 Å². The maximum Gasteiger partial charge on any atom is 0.202 e. The molecule has 3 aromatic rings. The van der Waals surface area contributed by atoms with Crippen LogP contribution >= 0.6 is 0 Å². The van der Waals surface area contributed by atoms with Crippen molar-refractivity contribution in [3.63, 3.8) is 0 Å². The topological polar surface area (TPSA) is 40.5 Å². The number of hydroxylamine groups is 1. The van der Waals surface area contributed by atoms with Crippen molar-refractivity contribution in [2.45, 2.75) is 5.54 Å². The standard InChI is InChI=1S/C20H15NO2/c22-19-17-13-7-8-14-18(17)21(23)20(19,15-9-3-1-4-10-15)16-11-5-2-6-12-16/h1-14,23H. The number of carbonyl (C=O) groups excluding carboxylic acids is 1. The number of para-hydroxylation sites is 1. The number of carbonyl (C=O) groups is 1. The molecule has 0 saturated heterocycles. The van der Waals surface area contributed by atoms with Crippen molar-refractivity contribution in [1.82, 2.24) is 0 Å². The second kappa shape index (κ2) is 5.07. The first-order valence-electron chi connectivity index (χ1n) is 7.50. The molecule has 1 N–H and O–H groups in total. The van der Waals surface area contributed by atoms with Crippen LogP contribution in [0.25, 0.3) is 0 Å². The average Bonchev–Trinajstić information content (AvgIpc) is 2.86. The highest BCUT2D eigenvalue weighted by molar-refractivity contribution is 6.15. The van der Waals surface area contributed by atoms with Gasteiger partial charge >= 0.3 is 0 Å². The Labute approximate surface area is 134 Å². The van der Waals surface area contributed by atoms with Gasteiger partial charge in [-0.2, -0.15) is 0 Å². The van der Waals surface area contributed by atoms with Crippen molar-refractivity contribution in [2.24, 2.45) is 0 Å². The second-order valence-electron chi connectivity index (χ2n) is 5.60. The van der Waals surface area contributed by atoms with E-state index in [1.807, 2.05) is 72.8 Å². The quantitative estimate of drug-likeness (QED) is 0.777. The molecule has 0 atom stereocenters. The normalized spacial score (nSPS) is 15.5. The summed E-state index contributed by atoms with van der Waals surface area (Å²) in [6.45, 7) is 0. The lowest BCUT2D eigenvalue weighted by Crippen LogP contribution is -2.47. The van der Waals surface area contributed by atoms with E-state index in [4.69, 9.17) is 0 Å². The number of nitrogens with zero attached hydrogens (tertiary/aromatic N) is 1. The van der Waals surface area contributed by atoms with Gasteiger partial charge in [0.1, 0.15) is 0 Å². The van der Waals surface area contributed by atoms with Crippen LogP contribution in [0.3, 0.4) is 0 Å². The highest BCUT2D eigenvalue weighted by atomic mass is 16.5. The lowest BCUT2D eigenvalue weighted by atomic mass is 9.79. The van der Waals surface area contributed by atoms with Crippen molar-refractivity contribution in [2.75, 3.05) is 5.06 Å². The van der Waals surface area contributed by atoms with Gasteiger partial charge in [-0.05, 0) is 23.3 Å². The molecule has 112 valence electrons. The highest BCUT2D eigenvalue weighted by Gasteiger charge is 2.53. The van der Waals surface area contributed by atoms with Crippen LogP contribution in [0.4, 0.5) is 5.69 Å². The molecule has 0 amide bonds. The van der Waals surface area contributed by atoms with E-state index in [-0.39, 0.29) is 5.78 Å². The summed E-state index contributed by atoms with van der Waals surface area (Å²) in [7, 11) is 0. The van der Waals surface area contributed by atoms with Gasteiger partial charge in [-0.3, -0.25) is 10.0 Å². The molecule has 0 aromatic heterocycles. The van der Waals surface area contributed by atoms with Crippen molar-refractivity contribution >= 4 is 11.5 Å². The molecular weight excluding hydrogens is 286 g/mol. The first-order chi connectivity index (χ1) is 11.3. The van der Waals surface area contributed by atoms with Gasteiger partial charge in [0.25, 0.3) is 0 Å². The maximum atomic E-state index is 13.3. The Kier molecular flexibility index (Phi) is 3.03. The number of ketones is 1. The van der Waals surface area contributed by atoms with Gasteiger partial charge in [0.15, 0.2) is 5.54 Å². The van der Waals surface area contributed by atoms with E-state index in [9.17, 15) is 10.0 Å². The third-order valence-corrected chi connectivity index (χ3v) is 4.41. The van der Waals surface area contributed by atoms with Crippen LogP contribution in [0.5, 0.6) is 0 Å². The number of hydrogen-bond donors (Lipinski definition) is 1. The van der Waals surface area contributed by atoms with Crippen LogP contribution in [0.1, 0.15) is 21.5 Å². The Balaban J connectivity index is 2.05. The molecule has 4 rings (SSSR count). The zero-order chi connectivity index (χ0) is 15.9. The van der Waals surface area contributed by atoms with Gasteiger partial charge in [0.05, 0.1) is 5.69 Å². The van der Waals surface area contributed by atoms with E-state index in [0.717, 1.165) is 16.2 Å². The van der Waals surface area contributed by atoms with Crippen molar-refractivity contribution in [1.29, 1.82) is 0 Å². The summed E-state index contributed by atoms with van der Waals surface area (Å²) in [4.78, 5) is 13.3. The van der Waals surface area contributed by atoms with E-state index in [1.54, 1.807) is 12.1 Å². The van der Waals surface area contributed by atoms with E-state index in [0.29, 0.717) is 11.3 Å². The molecule has 1 aliphatic rings. The minimum atomic E-state index is -1.24. The average molecular weight is 301 g/mol. The smallest absolute Gasteiger partial charge is 0.202 e. The summed E-state index contributed by atoms with van der Waals surface area (Å²) in [6, 6.07) is 26.0. The SMILES string of the molecule is O=C1c2ccccc2N(O)C1(c1ccccc1)c1ccccc1. The summed E-state index contributed by atoms with van der Waals surface area (Å²) in [5.74, 6) is -0.118. The molecule has 3 nitrogen and oxygen atoms in total. The van der Waals surface area contributed by atoms with Gasteiger partial charge in [0, 0.05) is 5.56 Å². The third-order valence-electron chi connectivity index (χ3n) is 4.41. The molecule has 0 saturated carbocycles. The van der Waals surface area contributed by atoms with Crippen molar-refractivity contribution in [3.8, 4) is 0 Å². The lowest BCUT2D eigenvalue weighted by Gasteiger charge is -2.35. The molecular formula is C20H15NO2.